The van der Waals surface area contributed by atoms with Crippen LogP contribution in [0.5, 0.6) is 0 Å². The van der Waals surface area contributed by atoms with Gasteiger partial charge in [-0.2, -0.15) is 0 Å². The summed E-state index contributed by atoms with van der Waals surface area (Å²) in [6.07, 6.45) is 0.281. The van der Waals surface area contributed by atoms with E-state index in [1.54, 1.807) is 11.3 Å². The molecule has 0 saturated heterocycles. The summed E-state index contributed by atoms with van der Waals surface area (Å²) < 4.78 is 6.72. The molecule has 0 aromatic carbocycles. The third kappa shape index (κ3) is 4.97. The number of nitrogens with zero attached hydrogens (tertiary/aromatic N) is 1. The van der Waals surface area contributed by atoms with Crippen LogP contribution in [0.2, 0.25) is 0 Å². The summed E-state index contributed by atoms with van der Waals surface area (Å²) in [7, 11) is 2.10. The number of halogens is 1. The van der Waals surface area contributed by atoms with Gasteiger partial charge in [0.2, 0.25) is 0 Å². The number of thiophene rings is 1. The molecule has 1 aromatic rings. The zero-order chi connectivity index (χ0) is 13.7. The van der Waals surface area contributed by atoms with Gasteiger partial charge < -0.3 is 10.5 Å². The maximum atomic E-state index is 6.12. The maximum absolute atomic E-state index is 6.12. The molecule has 0 spiro atoms. The lowest BCUT2D eigenvalue weighted by Gasteiger charge is -2.30. The number of hydrogen-bond donors (Lipinski definition) is 1. The predicted octanol–water partition coefficient (Wildman–Crippen LogP) is 3.26. The fraction of sp³-hybridized carbons (Fsp3) is 0.692. The Morgan fingerprint density at radius 3 is 2.56 bits per heavy atom. The van der Waals surface area contributed by atoms with E-state index >= 15 is 0 Å². The van der Waals surface area contributed by atoms with Crippen LogP contribution < -0.4 is 5.73 Å². The second-order valence-corrected chi connectivity index (χ2v) is 6.73. The van der Waals surface area contributed by atoms with Crippen LogP contribution in [0.15, 0.2) is 15.9 Å². The molecule has 5 heteroatoms. The molecule has 2 N–H and O–H groups in total. The van der Waals surface area contributed by atoms with E-state index in [0.717, 1.165) is 17.6 Å². The average Bonchev–Trinajstić information content (AvgIpc) is 2.63. The van der Waals surface area contributed by atoms with Crippen molar-refractivity contribution in [2.75, 3.05) is 20.2 Å². The molecule has 104 valence electrons. The molecule has 0 saturated carbocycles. The van der Waals surface area contributed by atoms with Crippen molar-refractivity contribution in [2.24, 2.45) is 5.73 Å². The van der Waals surface area contributed by atoms with Crippen LogP contribution >= 0.6 is 27.3 Å². The van der Waals surface area contributed by atoms with Gasteiger partial charge in [-0.1, -0.05) is 0 Å². The van der Waals surface area contributed by atoms with Crippen molar-refractivity contribution in [1.82, 2.24) is 4.90 Å². The molecule has 0 radical (unpaired) electrons. The summed E-state index contributed by atoms with van der Waals surface area (Å²) >= 11 is 5.24. The summed E-state index contributed by atoms with van der Waals surface area (Å²) in [5, 5.41) is 2.10. The molecule has 1 aromatic heterocycles. The van der Waals surface area contributed by atoms with Crippen LogP contribution in [0, 0.1) is 0 Å². The van der Waals surface area contributed by atoms with E-state index in [9.17, 15) is 0 Å². The highest BCUT2D eigenvalue weighted by molar-refractivity contribution is 9.10. The first-order chi connectivity index (χ1) is 8.41. The van der Waals surface area contributed by atoms with Gasteiger partial charge in [0.15, 0.2) is 0 Å². The lowest BCUT2D eigenvalue weighted by Crippen LogP contribution is -2.38. The van der Waals surface area contributed by atoms with Crippen LogP contribution in [0.3, 0.4) is 0 Å². The molecule has 18 heavy (non-hydrogen) atoms. The van der Waals surface area contributed by atoms with Crippen LogP contribution in [0.4, 0.5) is 0 Å². The van der Waals surface area contributed by atoms with Gasteiger partial charge in [-0.25, -0.2) is 0 Å². The summed E-state index contributed by atoms with van der Waals surface area (Å²) in [5.41, 5.74) is 6.12. The molecule has 2 atom stereocenters. The van der Waals surface area contributed by atoms with Gasteiger partial charge in [-0.3, -0.25) is 4.90 Å². The van der Waals surface area contributed by atoms with Gasteiger partial charge in [-0.15, -0.1) is 11.3 Å². The zero-order valence-corrected chi connectivity index (χ0v) is 13.9. The molecule has 0 aliphatic carbocycles. The first-order valence-corrected chi connectivity index (χ1v) is 7.90. The van der Waals surface area contributed by atoms with Gasteiger partial charge in [0.1, 0.15) is 0 Å². The van der Waals surface area contributed by atoms with Gasteiger partial charge in [0, 0.05) is 27.3 Å². The molecule has 0 bridgehead atoms. The third-order valence-electron chi connectivity index (χ3n) is 2.75. The second-order valence-electron chi connectivity index (χ2n) is 4.87. The quantitative estimate of drug-likeness (QED) is 0.831. The minimum Gasteiger partial charge on any atom is -0.377 e. The van der Waals surface area contributed by atoms with E-state index in [1.165, 1.54) is 4.88 Å². The lowest BCUT2D eigenvalue weighted by molar-refractivity contribution is 0.0539. The van der Waals surface area contributed by atoms with E-state index in [4.69, 9.17) is 10.5 Å². The van der Waals surface area contributed by atoms with Crippen molar-refractivity contribution in [3.05, 3.63) is 20.8 Å². The van der Waals surface area contributed by atoms with Crippen molar-refractivity contribution in [2.45, 2.75) is 39.0 Å². The maximum Gasteiger partial charge on any atom is 0.0597 e. The fourth-order valence-corrected chi connectivity index (χ4v) is 3.66. The smallest absolute Gasteiger partial charge is 0.0597 e. The molecule has 0 aliphatic heterocycles. The lowest BCUT2D eigenvalue weighted by atomic mass is 10.1. The van der Waals surface area contributed by atoms with E-state index in [-0.39, 0.29) is 18.2 Å². The number of likely N-dealkylation sites (N-methyl/N-ethyl adjacent to an activating group) is 1. The summed E-state index contributed by atoms with van der Waals surface area (Å²) in [6, 6.07) is 2.50. The van der Waals surface area contributed by atoms with Gasteiger partial charge >= 0.3 is 0 Å². The Labute approximate surface area is 122 Å². The van der Waals surface area contributed by atoms with Gasteiger partial charge in [0.05, 0.1) is 18.8 Å². The van der Waals surface area contributed by atoms with Crippen molar-refractivity contribution in [1.29, 1.82) is 0 Å². The largest absolute Gasteiger partial charge is 0.377 e. The topological polar surface area (TPSA) is 38.5 Å². The Balaban J connectivity index is 2.61. The molecule has 1 heterocycles. The second kappa shape index (κ2) is 7.60. The molecule has 1 rings (SSSR count). The van der Waals surface area contributed by atoms with E-state index < -0.39 is 0 Å². The van der Waals surface area contributed by atoms with Crippen LogP contribution in [0.25, 0.3) is 0 Å². The van der Waals surface area contributed by atoms with Crippen molar-refractivity contribution in [3.8, 4) is 0 Å². The van der Waals surface area contributed by atoms with Crippen molar-refractivity contribution >= 4 is 27.3 Å². The predicted molar refractivity (Wildman–Crippen MR) is 82.1 cm³/mol. The zero-order valence-electron chi connectivity index (χ0n) is 11.5. The number of rotatable bonds is 7. The van der Waals surface area contributed by atoms with Crippen LogP contribution in [-0.2, 0) is 4.74 Å². The van der Waals surface area contributed by atoms with Crippen molar-refractivity contribution < 1.29 is 4.74 Å². The van der Waals surface area contributed by atoms with Crippen molar-refractivity contribution in [3.63, 3.8) is 0 Å². The number of ether oxygens (including phenoxy) is 1. The Morgan fingerprint density at radius 1 is 1.44 bits per heavy atom. The third-order valence-corrected chi connectivity index (χ3v) is 4.51. The number of nitrogens with two attached hydrogens (primary N) is 1. The first-order valence-electron chi connectivity index (χ1n) is 6.23. The standard InChI is InChI=1S/C13H23BrN2OS/c1-9(2)17-6-5-16(4)13(10(3)15)12-7-11(14)8-18-12/h7-10,13H,5-6,15H2,1-4H3. The van der Waals surface area contributed by atoms with Crippen LogP contribution in [0.1, 0.15) is 31.7 Å². The highest BCUT2D eigenvalue weighted by Crippen LogP contribution is 2.30. The van der Waals surface area contributed by atoms with Gasteiger partial charge in [0.25, 0.3) is 0 Å². The Bertz CT molecular complexity index is 355. The molecule has 0 fully saturated rings. The van der Waals surface area contributed by atoms with E-state index in [0.29, 0.717) is 0 Å². The molecule has 0 amide bonds. The first kappa shape index (κ1) is 16.1. The summed E-state index contributed by atoms with van der Waals surface area (Å²) in [6.45, 7) is 7.79. The molecular formula is C13H23BrN2OS. The Morgan fingerprint density at radius 2 is 2.11 bits per heavy atom. The average molecular weight is 335 g/mol. The monoisotopic (exact) mass is 334 g/mol. The molecule has 0 aliphatic rings. The molecule has 2 unspecified atom stereocenters. The molecular weight excluding hydrogens is 312 g/mol. The Kier molecular flexibility index (Phi) is 6.81. The van der Waals surface area contributed by atoms with E-state index in [1.807, 2.05) is 0 Å². The minimum absolute atomic E-state index is 0.0969. The minimum atomic E-state index is 0.0969. The Hall–Kier alpha value is 0.0600. The number of hydrogen-bond acceptors (Lipinski definition) is 4. The van der Waals surface area contributed by atoms with Gasteiger partial charge in [-0.05, 0) is 49.8 Å². The van der Waals surface area contributed by atoms with E-state index in [2.05, 4.69) is 60.1 Å². The highest BCUT2D eigenvalue weighted by atomic mass is 79.9. The fourth-order valence-electron chi connectivity index (χ4n) is 1.93. The summed E-state index contributed by atoms with van der Waals surface area (Å²) in [5.74, 6) is 0. The van der Waals surface area contributed by atoms with Crippen LogP contribution in [-0.4, -0.2) is 37.2 Å². The molecule has 3 nitrogen and oxygen atoms in total. The SMILES string of the molecule is CC(C)OCCN(C)C(c1cc(Br)cs1)C(C)N. The summed E-state index contributed by atoms with van der Waals surface area (Å²) in [4.78, 5) is 3.56. The normalized spacial score (nSPS) is 15.3. The highest BCUT2D eigenvalue weighted by Gasteiger charge is 2.22.